The van der Waals surface area contributed by atoms with Crippen molar-refractivity contribution in [2.45, 2.75) is 6.92 Å². The third-order valence-corrected chi connectivity index (χ3v) is 2.70. The molecule has 17 heavy (non-hydrogen) atoms. The van der Waals surface area contributed by atoms with E-state index in [-0.39, 0.29) is 0 Å². The quantitative estimate of drug-likeness (QED) is 0.714. The molecule has 0 spiro atoms. The number of aryl methyl sites for hydroxylation is 1. The zero-order chi connectivity index (χ0) is 11.7. The van der Waals surface area contributed by atoms with Crippen LogP contribution in [-0.2, 0) is 4.74 Å². The molecule has 88 valence electrons. The van der Waals surface area contributed by atoms with Gasteiger partial charge in [-0.05, 0) is 6.92 Å². The highest BCUT2D eigenvalue weighted by molar-refractivity contribution is 5.69. The molecular formula is C11H13N5O. The summed E-state index contributed by atoms with van der Waals surface area (Å²) >= 11 is 0. The van der Waals surface area contributed by atoms with Crippen molar-refractivity contribution in [3.05, 3.63) is 18.1 Å². The Balaban J connectivity index is 1.99. The number of hydrogen-bond donors (Lipinski definition) is 0. The molecule has 0 saturated carbocycles. The van der Waals surface area contributed by atoms with Crippen LogP contribution in [-0.4, -0.2) is 46.2 Å². The largest absolute Gasteiger partial charge is 0.378 e. The lowest BCUT2D eigenvalue weighted by atomic mass is 10.4. The third-order valence-electron chi connectivity index (χ3n) is 2.70. The number of morpholine rings is 1. The first-order valence-electron chi connectivity index (χ1n) is 5.62. The van der Waals surface area contributed by atoms with Gasteiger partial charge in [-0.2, -0.15) is 4.98 Å². The van der Waals surface area contributed by atoms with Crippen LogP contribution >= 0.6 is 0 Å². The second kappa shape index (κ2) is 4.21. The molecule has 1 aliphatic rings. The molecule has 0 atom stereocenters. The number of fused-ring (bicyclic) bond motifs is 1. The van der Waals surface area contributed by atoms with Gasteiger partial charge in [-0.25, -0.2) is 15.0 Å². The van der Waals surface area contributed by atoms with Gasteiger partial charge in [0.15, 0.2) is 5.65 Å². The van der Waals surface area contributed by atoms with Crippen molar-refractivity contribution in [1.29, 1.82) is 0 Å². The molecule has 2 aromatic heterocycles. The van der Waals surface area contributed by atoms with E-state index in [9.17, 15) is 0 Å². The summed E-state index contributed by atoms with van der Waals surface area (Å²) in [4.78, 5) is 19.5. The van der Waals surface area contributed by atoms with E-state index < -0.39 is 0 Å². The second-order valence-electron chi connectivity index (χ2n) is 3.99. The van der Waals surface area contributed by atoms with Gasteiger partial charge in [-0.3, -0.25) is 0 Å². The first-order chi connectivity index (χ1) is 8.33. The van der Waals surface area contributed by atoms with Crippen molar-refractivity contribution in [1.82, 2.24) is 19.9 Å². The average molecular weight is 231 g/mol. The zero-order valence-corrected chi connectivity index (χ0v) is 9.63. The fraction of sp³-hybridized carbons (Fsp3) is 0.455. The van der Waals surface area contributed by atoms with Crippen LogP contribution in [0.2, 0.25) is 0 Å². The highest BCUT2D eigenvalue weighted by atomic mass is 16.5. The van der Waals surface area contributed by atoms with Crippen molar-refractivity contribution in [3.63, 3.8) is 0 Å². The molecule has 0 N–H and O–H groups in total. The van der Waals surface area contributed by atoms with Crippen molar-refractivity contribution < 1.29 is 4.74 Å². The fourth-order valence-electron chi connectivity index (χ4n) is 1.81. The summed E-state index contributed by atoms with van der Waals surface area (Å²) in [7, 11) is 0. The molecule has 0 unspecified atom stereocenters. The minimum absolute atomic E-state index is 0.654. The van der Waals surface area contributed by atoms with Gasteiger partial charge >= 0.3 is 0 Å². The fourth-order valence-corrected chi connectivity index (χ4v) is 1.81. The third kappa shape index (κ3) is 2.03. The van der Waals surface area contributed by atoms with Gasteiger partial charge in [-0.1, -0.05) is 0 Å². The van der Waals surface area contributed by atoms with E-state index >= 15 is 0 Å². The summed E-state index contributed by atoms with van der Waals surface area (Å²) in [5, 5.41) is 0. The van der Waals surface area contributed by atoms with E-state index in [4.69, 9.17) is 4.74 Å². The van der Waals surface area contributed by atoms with Crippen LogP contribution in [0.5, 0.6) is 0 Å². The van der Waals surface area contributed by atoms with Crippen LogP contribution in [0, 0.1) is 6.92 Å². The van der Waals surface area contributed by atoms with E-state index in [1.165, 1.54) is 0 Å². The maximum absolute atomic E-state index is 5.30. The number of anilines is 1. The van der Waals surface area contributed by atoms with E-state index in [1.807, 2.05) is 6.92 Å². The smallest absolute Gasteiger partial charge is 0.227 e. The molecule has 2 aromatic rings. The standard InChI is InChI=1S/C11H13N5O/c1-8-6-12-9-7-13-11(15-10(9)14-8)16-2-4-17-5-3-16/h6-7H,2-5H2,1H3. The Hall–Kier alpha value is -1.82. The first-order valence-corrected chi connectivity index (χ1v) is 5.62. The zero-order valence-electron chi connectivity index (χ0n) is 9.63. The highest BCUT2D eigenvalue weighted by Crippen LogP contribution is 2.13. The highest BCUT2D eigenvalue weighted by Gasteiger charge is 2.14. The lowest BCUT2D eigenvalue weighted by Crippen LogP contribution is -2.37. The molecule has 6 heteroatoms. The number of ether oxygens (including phenoxy) is 1. The van der Waals surface area contributed by atoms with E-state index in [0.29, 0.717) is 11.6 Å². The Labute approximate surface area is 98.7 Å². The van der Waals surface area contributed by atoms with E-state index in [2.05, 4.69) is 24.8 Å². The summed E-state index contributed by atoms with van der Waals surface area (Å²) in [6.07, 6.45) is 3.44. The van der Waals surface area contributed by atoms with Crippen LogP contribution in [0.3, 0.4) is 0 Å². The summed E-state index contributed by atoms with van der Waals surface area (Å²) in [5.41, 5.74) is 2.25. The van der Waals surface area contributed by atoms with Crippen LogP contribution < -0.4 is 4.90 Å². The maximum Gasteiger partial charge on any atom is 0.227 e. The Bertz CT molecular complexity index is 538. The summed E-state index contributed by atoms with van der Waals surface area (Å²) in [5.74, 6) is 0.709. The van der Waals surface area contributed by atoms with Gasteiger partial charge in [0.05, 0.1) is 25.1 Å². The predicted molar refractivity (Wildman–Crippen MR) is 62.9 cm³/mol. The summed E-state index contributed by atoms with van der Waals surface area (Å²) in [6.45, 7) is 5.00. The van der Waals surface area contributed by atoms with Gasteiger partial charge < -0.3 is 9.64 Å². The minimum Gasteiger partial charge on any atom is -0.378 e. The molecule has 3 rings (SSSR count). The SMILES string of the molecule is Cc1cnc2cnc(N3CCOCC3)nc2n1. The van der Waals surface area contributed by atoms with E-state index in [1.54, 1.807) is 12.4 Å². The van der Waals surface area contributed by atoms with Crippen LogP contribution in [0.15, 0.2) is 12.4 Å². The molecular weight excluding hydrogens is 218 g/mol. The van der Waals surface area contributed by atoms with Crippen molar-refractivity contribution in [2.75, 3.05) is 31.2 Å². The average Bonchev–Trinajstić information content (AvgIpc) is 2.39. The van der Waals surface area contributed by atoms with Gasteiger partial charge in [0.2, 0.25) is 5.95 Å². The Kier molecular flexibility index (Phi) is 2.56. The second-order valence-corrected chi connectivity index (χ2v) is 3.99. The normalized spacial score (nSPS) is 16.4. The van der Waals surface area contributed by atoms with Crippen LogP contribution in [0.25, 0.3) is 11.2 Å². The molecule has 1 saturated heterocycles. The monoisotopic (exact) mass is 231 g/mol. The topological polar surface area (TPSA) is 64.0 Å². The molecule has 0 aromatic carbocycles. The van der Waals surface area contributed by atoms with Crippen molar-refractivity contribution >= 4 is 17.1 Å². The lowest BCUT2D eigenvalue weighted by Gasteiger charge is -2.26. The Morgan fingerprint density at radius 1 is 1.12 bits per heavy atom. The molecule has 0 amide bonds. The Morgan fingerprint density at radius 2 is 1.94 bits per heavy atom. The number of rotatable bonds is 1. The van der Waals surface area contributed by atoms with Gasteiger partial charge in [0.25, 0.3) is 0 Å². The maximum atomic E-state index is 5.30. The van der Waals surface area contributed by atoms with E-state index in [0.717, 1.165) is 37.5 Å². The number of aromatic nitrogens is 4. The number of hydrogen-bond acceptors (Lipinski definition) is 6. The molecule has 6 nitrogen and oxygen atoms in total. The molecule has 1 fully saturated rings. The van der Waals surface area contributed by atoms with Gasteiger partial charge in [0, 0.05) is 19.3 Å². The van der Waals surface area contributed by atoms with Gasteiger partial charge in [0.1, 0.15) is 5.52 Å². The number of nitrogens with zero attached hydrogens (tertiary/aromatic N) is 5. The molecule has 0 radical (unpaired) electrons. The summed E-state index contributed by atoms with van der Waals surface area (Å²) in [6, 6.07) is 0. The molecule has 1 aliphatic heterocycles. The molecule has 3 heterocycles. The lowest BCUT2D eigenvalue weighted by molar-refractivity contribution is 0.122. The van der Waals surface area contributed by atoms with Crippen LogP contribution in [0.1, 0.15) is 5.69 Å². The predicted octanol–water partition coefficient (Wildman–Crippen LogP) is 0.565. The minimum atomic E-state index is 0.654. The van der Waals surface area contributed by atoms with Crippen molar-refractivity contribution in [2.24, 2.45) is 0 Å². The van der Waals surface area contributed by atoms with Gasteiger partial charge in [-0.15, -0.1) is 0 Å². The first kappa shape index (κ1) is 10.3. The van der Waals surface area contributed by atoms with Crippen molar-refractivity contribution in [3.8, 4) is 0 Å². The molecule has 0 aliphatic carbocycles. The summed E-state index contributed by atoms with van der Waals surface area (Å²) < 4.78 is 5.30. The Morgan fingerprint density at radius 3 is 2.76 bits per heavy atom. The molecule has 0 bridgehead atoms. The van der Waals surface area contributed by atoms with Crippen LogP contribution in [0.4, 0.5) is 5.95 Å².